The van der Waals surface area contributed by atoms with Gasteiger partial charge in [0.2, 0.25) is 0 Å². The molecule has 1 N–H and O–H groups in total. The van der Waals surface area contributed by atoms with E-state index in [1.165, 1.54) is 0 Å². The SMILES string of the molecule is CC1=C(C#Cc2ccccc2C)/C=C/CC(C)/C(C(=O)O)=C\1. The van der Waals surface area contributed by atoms with Gasteiger partial charge in [-0.1, -0.05) is 49.1 Å². The van der Waals surface area contributed by atoms with E-state index in [1.807, 2.05) is 57.2 Å². The Balaban J connectivity index is 2.44. The van der Waals surface area contributed by atoms with Gasteiger partial charge >= 0.3 is 5.97 Å². The van der Waals surface area contributed by atoms with E-state index in [0.29, 0.717) is 12.0 Å². The Morgan fingerprint density at radius 3 is 2.64 bits per heavy atom. The van der Waals surface area contributed by atoms with Gasteiger partial charge in [0, 0.05) is 16.7 Å². The lowest BCUT2D eigenvalue weighted by Gasteiger charge is -2.13. The minimum atomic E-state index is -0.853. The van der Waals surface area contributed by atoms with E-state index in [1.54, 1.807) is 6.08 Å². The molecule has 0 radical (unpaired) electrons. The minimum absolute atomic E-state index is 0.00887. The lowest BCUT2D eigenvalue weighted by atomic mass is 9.91. The number of aryl methyl sites for hydroxylation is 1. The van der Waals surface area contributed by atoms with Crippen molar-refractivity contribution in [1.29, 1.82) is 0 Å². The van der Waals surface area contributed by atoms with Gasteiger partial charge in [0.05, 0.1) is 0 Å². The number of hydrogen-bond donors (Lipinski definition) is 1. The summed E-state index contributed by atoms with van der Waals surface area (Å²) in [4.78, 5) is 11.4. The van der Waals surface area contributed by atoms with Crippen LogP contribution in [0.1, 0.15) is 31.4 Å². The van der Waals surface area contributed by atoms with Crippen molar-refractivity contribution in [2.75, 3.05) is 0 Å². The fourth-order valence-corrected chi connectivity index (χ4v) is 2.36. The van der Waals surface area contributed by atoms with E-state index < -0.39 is 5.97 Å². The number of hydrogen-bond acceptors (Lipinski definition) is 1. The summed E-state index contributed by atoms with van der Waals surface area (Å²) in [6.07, 6.45) is 6.46. The lowest BCUT2D eigenvalue weighted by molar-refractivity contribution is -0.133. The van der Waals surface area contributed by atoms with Gasteiger partial charge in [0.1, 0.15) is 0 Å². The largest absolute Gasteiger partial charge is 0.478 e. The van der Waals surface area contributed by atoms with Crippen LogP contribution in [0, 0.1) is 24.7 Å². The summed E-state index contributed by atoms with van der Waals surface area (Å²) >= 11 is 0. The molecule has 1 aromatic rings. The molecule has 0 bridgehead atoms. The standard InChI is InChI=1S/C20H20O2/c1-14-7-4-5-9-17(14)11-12-18-10-6-8-15(2)19(20(21)22)13-16(18)3/h4-7,9-10,13,15H,8H2,1-3H3,(H,21,22)/b10-6+,18-16+,19-13+. The van der Waals surface area contributed by atoms with Crippen molar-refractivity contribution in [3.05, 3.63) is 70.3 Å². The highest BCUT2D eigenvalue weighted by Gasteiger charge is 2.16. The second-order valence-corrected chi connectivity index (χ2v) is 5.61. The average molecular weight is 292 g/mol. The average Bonchev–Trinajstić information content (AvgIpc) is 2.47. The second kappa shape index (κ2) is 6.95. The summed E-state index contributed by atoms with van der Waals surface area (Å²) in [7, 11) is 0. The van der Waals surface area contributed by atoms with Crippen LogP contribution in [0.25, 0.3) is 0 Å². The van der Waals surface area contributed by atoms with Crippen molar-refractivity contribution >= 4 is 5.97 Å². The molecule has 1 aromatic carbocycles. The molecule has 0 heterocycles. The topological polar surface area (TPSA) is 37.3 Å². The zero-order valence-corrected chi connectivity index (χ0v) is 13.2. The highest BCUT2D eigenvalue weighted by molar-refractivity contribution is 5.88. The normalized spacial score (nSPS) is 25.0. The Bertz CT molecular complexity index is 736. The first-order valence-electron chi connectivity index (χ1n) is 7.39. The van der Waals surface area contributed by atoms with Crippen LogP contribution < -0.4 is 0 Å². The number of carboxylic acid groups (broad SMARTS) is 1. The first-order valence-corrected chi connectivity index (χ1v) is 7.39. The smallest absolute Gasteiger partial charge is 0.331 e. The Hall–Kier alpha value is -2.53. The molecule has 0 aromatic heterocycles. The van der Waals surface area contributed by atoms with E-state index >= 15 is 0 Å². The van der Waals surface area contributed by atoms with Crippen LogP contribution in [0.15, 0.2) is 59.2 Å². The third-order valence-corrected chi connectivity index (χ3v) is 3.83. The Morgan fingerprint density at radius 1 is 1.23 bits per heavy atom. The van der Waals surface area contributed by atoms with Gasteiger partial charge in [0.25, 0.3) is 0 Å². The van der Waals surface area contributed by atoms with E-state index in [0.717, 1.165) is 22.3 Å². The molecule has 0 aliphatic heterocycles. The molecule has 1 aliphatic carbocycles. The van der Waals surface area contributed by atoms with E-state index in [4.69, 9.17) is 0 Å². The Morgan fingerprint density at radius 2 is 1.95 bits per heavy atom. The minimum Gasteiger partial charge on any atom is -0.478 e. The summed E-state index contributed by atoms with van der Waals surface area (Å²) in [6.45, 7) is 5.87. The van der Waals surface area contributed by atoms with Gasteiger partial charge in [0.15, 0.2) is 0 Å². The van der Waals surface area contributed by atoms with Crippen LogP contribution in [0.4, 0.5) is 0 Å². The molecule has 1 aliphatic rings. The van der Waals surface area contributed by atoms with Crippen molar-refractivity contribution in [1.82, 2.24) is 0 Å². The van der Waals surface area contributed by atoms with E-state index in [2.05, 4.69) is 11.8 Å². The van der Waals surface area contributed by atoms with Crippen molar-refractivity contribution in [2.24, 2.45) is 5.92 Å². The predicted molar refractivity (Wildman–Crippen MR) is 89.4 cm³/mol. The molecule has 2 heteroatoms. The van der Waals surface area contributed by atoms with Crippen molar-refractivity contribution in [2.45, 2.75) is 27.2 Å². The number of allylic oxidation sites excluding steroid dienone is 5. The molecule has 2 nitrogen and oxygen atoms in total. The third kappa shape index (κ3) is 3.77. The molecule has 0 amide bonds. The van der Waals surface area contributed by atoms with Crippen molar-refractivity contribution in [3.8, 4) is 11.8 Å². The molecule has 112 valence electrons. The summed E-state index contributed by atoms with van der Waals surface area (Å²) in [6, 6.07) is 7.98. The van der Waals surface area contributed by atoms with Crippen molar-refractivity contribution in [3.63, 3.8) is 0 Å². The fourth-order valence-electron chi connectivity index (χ4n) is 2.36. The lowest BCUT2D eigenvalue weighted by Crippen LogP contribution is -2.10. The molecular weight excluding hydrogens is 272 g/mol. The molecule has 0 fully saturated rings. The van der Waals surface area contributed by atoms with E-state index in [9.17, 15) is 9.90 Å². The highest BCUT2D eigenvalue weighted by atomic mass is 16.4. The number of benzene rings is 1. The van der Waals surface area contributed by atoms with Crippen LogP contribution in [0.2, 0.25) is 0 Å². The number of rotatable bonds is 1. The first kappa shape index (κ1) is 15.9. The predicted octanol–water partition coefficient (Wildman–Crippen LogP) is 4.27. The molecule has 22 heavy (non-hydrogen) atoms. The van der Waals surface area contributed by atoms with Gasteiger partial charge in [-0.2, -0.15) is 0 Å². The molecule has 2 rings (SSSR count). The monoisotopic (exact) mass is 292 g/mol. The molecule has 0 saturated carbocycles. The van der Waals surface area contributed by atoms with Crippen LogP contribution in [0.5, 0.6) is 0 Å². The van der Waals surface area contributed by atoms with Gasteiger partial charge in [-0.05, 0) is 49.5 Å². The van der Waals surface area contributed by atoms with Gasteiger partial charge in [-0.15, -0.1) is 0 Å². The third-order valence-electron chi connectivity index (χ3n) is 3.83. The first-order chi connectivity index (χ1) is 10.5. The quantitative estimate of drug-likeness (QED) is 0.785. The molecular formula is C20H20O2. The molecule has 1 atom stereocenters. The fraction of sp³-hybridized carbons (Fsp3) is 0.250. The summed E-state index contributed by atoms with van der Waals surface area (Å²) in [5.41, 5.74) is 4.33. The maximum absolute atomic E-state index is 11.4. The van der Waals surface area contributed by atoms with Crippen LogP contribution in [-0.4, -0.2) is 11.1 Å². The van der Waals surface area contributed by atoms with Gasteiger partial charge in [-0.25, -0.2) is 4.79 Å². The summed E-state index contributed by atoms with van der Waals surface area (Å²) < 4.78 is 0. The highest BCUT2D eigenvalue weighted by Crippen LogP contribution is 2.22. The van der Waals surface area contributed by atoms with E-state index in [-0.39, 0.29) is 5.92 Å². The summed E-state index contributed by atoms with van der Waals surface area (Å²) in [5.74, 6) is 5.51. The maximum Gasteiger partial charge on any atom is 0.331 e. The van der Waals surface area contributed by atoms with Crippen LogP contribution in [0.3, 0.4) is 0 Å². The maximum atomic E-state index is 11.4. The Kier molecular flexibility index (Phi) is 5.01. The molecule has 1 unspecified atom stereocenters. The summed E-state index contributed by atoms with van der Waals surface area (Å²) in [5, 5.41) is 9.32. The van der Waals surface area contributed by atoms with Crippen LogP contribution in [-0.2, 0) is 4.79 Å². The molecule has 0 saturated heterocycles. The zero-order chi connectivity index (χ0) is 16.1. The molecule has 0 spiro atoms. The number of carbonyl (C=O) groups is 1. The van der Waals surface area contributed by atoms with Gasteiger partial charge in [-0.3, -0.25) is 0 Å². The number of carboxylic acids is 1. The van der Waals surface area contributed by atoms with Crippen molar-refractivity contribution < 1.29 is 9.90 Å². The van der Waals surface area contributed by atoms with Crippen LogP contribution >= 0.6 is 0 Å². The second-order valence-electron chi connectivity index (χ2n) is 5.61. The van der Waals surface area contributed by atoms with Gasteiger partial charge < -0.3 is 5.11 Å². The Labute approximate surface area is 131 Å². The number of aliphatic carboxylic acids is 1. The zero-order valence-electron chi connectivity index (χ0n) is 13.2.